The standard InChI is InChI=1S/C20H21N3O4/c1-26-16-6-4-15(5-7-16)23-11-14(9-19(23)24)20(25)22-12-18(13-22)27-17-3-2-8-21-10-17/h2-8,10,14,18H,9,11-13H2,1H3. The summed E-state index contributed by atoms with van der Waals surface area (Å²) in [5.41, 5.74) is 0.789. The first-order valence-corrected chi connectivity index (χ1v) is 8.94. The van der Waals surface area contributed by atoms with Crippen LogP contribution >= 0.6 is 0 Å². The molecule has 1 aromatic heterocycles. The number of carbonyl (C=O) groups excluding carboxylic acids is 2. The summed E-state index contributed by atoms with van der Waals surface area (Å²) in [5.74, 6) is 1.13. The van der Waals surface area contributed by atoms with Crippen molar-refractivity contribution < 1.29 is 19.1 Å². The molecule has 0 radical (unpaired) electrons. The highest BCUT2D eigenvalue weighted by atomic mass is 16.5. The van der Waals surface area contributed by atoms with E-state index in [-0.39, 0.29) is 30.3 Å². The predicted octanol–water partition coefficient (Wildman–Crippen LogP) is 1.73. The number of likely N-dealkylation sites (tertiary alicyclic amines) is 1. The van der Waals surface area contributed by atoms with Gasteiger partial charge in [-0.25, -0.2) is 0 Å². The van der Waals surface area contributed by atoms with Gasteiger partial charge in [0, 0.05) is 24.8 Å². The average molecular weight is 367 g/mol. The number of anilines is 1. The maximum absolute atomic E-state index is 12.7. The lowest BCUT2D eigenvalue weighted by Gasteiger charge is -2.40. The first kappa shape index (κ1) is 17.3. The molecule has 0 aliphatic carbocycles. The molecule has 0 bridgehead atoms. The molecule has 0 saturated carbocycles. The number of amides is 2. The van der Waals surface area contributed by atoms with Crippen LogP contribution in [0.25, 0.3) is 0 Å². The number of ether oxygens (including phenoxy) is 2. The summed E-state index contributed by atoms with van der Waals surface area (Å²) in [6.45, 7) is 1.50. The summed E-state index contributed by atoms with van der Waals surface area (Å²) in [4.78, 5) is 32.5. The molecule has 2 aliphatic heterocycles. The zero-order valence-electron chi connectivity index (χ0n) is 15.1. The molecular weight excluding hydrogens is 346 g/mol. The molecule has 1 atom stereocenters. The number of methoxy groups -OCH3 is 1. The van der Waals surface area contributed by atoms with Crippen LogP contribution in [0, 0.1) is 5.92 Å². The lowest BCUT2D eigenvalue weighted by Crippen LogP contribution is -2.57. The Morgan fingerprint density at radius 2 is 1.89 bits per heavy atom. The SMILES string of the molecule is COc1ccc(N2CC(C(=O)N3CC(Oc4cccnc4)C3)CC2=O)cc1. The molecule has 2 aliphatic rings. The molecule has 7 heteroatoms. The van der Waals surface area contributed by atoms with Crippen molar-refractivity contribution in [3.63, 3.8) is 0 Å². The Hall–Kier alpha value is -3.09. The van der Waals surface area contributed by atoms with E-state index in [4.69, 9.17) is 9.47 Å². The predicted molar refractivity (Wildman–Crippen MR) is 98.7 cm³/mol. The molecule has 2 fully saturated rings. The van der Waals surface area contributed by atoms with Gasteiger partial charge in [-0.05, 0) is 36.4 Å². The minimum absolute atomic E-state index is 0.0189. The summed E-state index contributed by atoms with van der Waals surface area (Å²) < 4.78 is 10.9. The normalized spacial score (nSPS) is 19.7. The van der Waals surface area contributed by atoms with E-state index in [1.807, 2.05) is 36.4 Å². The molecule has 2 saturated heterocycles. The second-order valence-corrected chi connectivity index (χ2v) is 6.78. The Morgan fingerprint density at radius 1 is 1.11 bits per heavy atom. The number of hydrogen-bond donors (Lipinski definition) is 0. The Bertz CT molecular complexity index is 819. The highest BCUT2D eigenvalue weighted by Crippen LogP contribution is 2.29. The summed E-state index contributed by atoms with van der Waals surface area (Å²) in [6.07, 6.45) is 3.57. The number of rotatable bonds is 5. The van der Waals surface area contributed by atoms with Gasteiger partial charge in [0.1, 0.15) is 17.6 Å². The van der Waals surface area contributed by atoms with Gasteiger partial charge >= 0.3 is 0 Å². The minimum Gasteiger partial charge on any atom is -0.497 e. The van der Waals surface area contributed by atoms with Crippen LogP contribution in [0.15, 0.2) is 48.8 Å². The number of carbonyl (C=O) groups is 2. The first-order chi connectivity index (χ1) is 13.1. The van der Waals surface area contributed by atoms with Crippen LogP contribution in [0.3, 0.4) is 0 Å². The molecule has 2 amide bonds. The van der Waals surface area contributed by atoms with Crippen molar-refractivity contribution in [1.82, 2.24) is 9.88 Å². The molecule has 7 nitrogen and oxygen atoms in total. The molecule has 2 aromatic rings. The van der Waals surface area contributed by atoms with Gasteiger partial charge in [-0.3, -0.25) is 14.6 Å². The van der Waals surface area contributed by atoms with Crippen LogP contribution in [-0.2, 0) is 9.59 Å². The fourth-order valence-electron chi connectivity index (χ4n) is 3.44. The zero-order valence-corrected chi connectivity index (χ0v) is 15.1. The Labute approximate surface area is 157 Å². The maximum Gasteiger partial charge on any atom is 0.228 e. The van der Waals surface area contributed by atoms with Gasteiger partial charge in [-0.2, -0.15) is 0 Å². The lowest BCUT2D eigenvalue weighted by atomic mass is 10.0. The highest BCUT2D eigenvalue weighted by Gasteiger charge is 2.41. The van der Waals surface area contributed by atoms with Crippen molar-refractivity contribution in [3.05, 3.63) is 48.8 Å². The van der Waals surface area contributed by atoms with E-state index < -0.39 is 0 Å². The largest absolute Gasteiger partial charge is 0.497 e. The van der Waals surface area contributed by atoms with Gasteiger partial charge in [0.15, 0.2) is 0 Å². The number of pyridine rings is 1. The van der Waals surface area contributed by atoms with E-state index in [0.717, 1.165) is 11.4 Å². The number of benzene rings is 1. The van der Waals surface area contributed by atoms with Crippen LogP contribution in [0.2, 0.25) is 0 Å². The Balaban J connectivity index is 1.32. The molecular formula is C20H21N3O4. The smallest absolute Gasteiger partial charge is 0.228 e. The van der Waals surface area contributed by atoms with E-state index >= 15 is 0 Å². The van der Waals surface area contributed by atoms with E-state index in [1.54, 1.807) is 29.3 Å². The fourth-order valence-corrected chi connectivity index (χ4v) is 3.44. The van der Waals surface area contributed by atoms with Gasteiger partial charge < -0.3 is 19.3 Å². The van der Waals surface area contributed by atoms with Crippen LogP contribution in [-0.4, -0.2) is 54.5 Å². The lowest BCUT2D eigenvalue weighted by molar-refractivity contribution is -0.144. The fraction of sp³-hybridized carbons (Fsp3) is 0.350. The van der Waals surface area contributed by atoms with Crippen molar-refractivity contribution in [3.8, 4) is 11.5 Å². The summed E-state index contributed by atoms with van der Waals surface area (Å²) >= 11 is 0. The molecule has 140 valence electrons. The van der Waals surface area contributed by atoms with E-state index in [2.05, 4.69) is 4.98 Å². The Kier molecular flexibility index (Phi) is 4.66. The third kappa shape index (κ3) is 3.58. The monoisotopic (exact) mass is 367 g/mol. The molecule has 1 unspecified atom stereocenters. The molecule has 0 N–H and O–H groups in total. The highest BCUT2D eigenvalue weighted by molar-refractivity contribution is 6.00. The van der Waals surface area contributed by atoms with Crippen molar-refractivity contribution in [2.24, 2.45) is 5.92 Å². The van der Waals surface area contributed by atoms with Crippen LogP contribution in [0.1, 0.15) is 6.42 Å². The third-order valence-electron chi connectivity index (χ3n) is 4.96. The molecule has 4 rings (SSSR count). The summed E-state index contributed by atoms with van der Waals surface area (Å²) in [5, 5.41) is 0. The van der Waals surface area contributed by atoms with Gasteiger partial charge in [0.25, 0.3) is 0 Å². The first-order valence-electron chi connectivity index (χ1n) is 8.94. The third-order valence-corrected chi connectivity index (χ3v) is 4.96. The van der Waals surface area contributed by atoms with Gasteiger partial charge in [-0.15, -0.1) is 0 Å². The topological polar surface area (TPSA) is 72.0 Å². The van der Waals surface area contributed by atoms with Crippen LogP contribution < -0.4 is 14.4 Å². The van der Waals surface area contributed by atoms with Crippen LogP contribution in [0.4, 0.5) is 5.69 Å². The van der Waals surface area contributed by atoms with Gasteiger partial charge in [-0.1, -0.05) is 0 Å². The second-order valence-electron chi connectivity index (χ2n) is 6.78. The molecule has 0 spiro atoms. The molecule has 27 heavy (non-hydrogen) atoms. The van der Waals surface area contributed by atoms with Gasteiger partial charge in [0.2, 0.25) is 11.8 Å². The maximum atomic E-state index is 12.7. The number of hydrogen-bond acceptors (Lipinski definition) is 5. The van der Waals surface area contributed by atoms with Crippen molar-refractivity contribution in [1.29, 1.82) is 0 Å². The van der Waals surface area contributed by atoms with E-state index in [9.17, 15) is 9.59 Å². The summed E-state index contributed by atoms with van der Waals surface area (Å²) in [7, 11) is 1.60. The quantitative estimate of drug-likeness (QED) is 0.805. The Morgan fingerprint density at radius 3 is 2.56 bits per heavy atom. The summed E-state index contributed by atoms with van der Waals surface area (Å²) in [6, 6.07) is 11.0. The zero-order chi connectivity index (χ0) is 18.8. The van der Waals surface area contributed by atoms with Gasteiger partial charge in [0.05, 0.1) is 32.3 Å². The van der Waals surface area contributed by atoms with Crippen molar-refractivity contribution in [2.45, 2.75) is 12.5 Å². The second kappa shape index (κ2) is 7.26. The number of nitrogens with zero attached hydrogens (tertiary/aromatic N) is 3. The number of aromatic nitrogens is 1. The van der Waals surface area contributed by atoms with E-state index in [0.29, 0.717) is 25.4 Å². The van der Waals surface area contributed by atoms with Crippen LogP contribution in [0.5, 0.6) is 11.5 Å². The van der Waals surface area contributed by atoms with Crippen molar-refractivity contribution in [2.75, 3.05) is 31.6 Å². The average Bonchev–Trinajstić information content (AvgIpc) is 3.06. The molecule has 1 aromatic carbocycles. The molecule has 3 heterocycles. The van der Waals surface area contributed by atoms with E-state index in [1.165, 1.54) is 0 Å². The van der Waals surface area contributed by atoms with Crippen molar-refractivity contribution >= 4 is 17.5 Å². The minimum atomic E-state index is -0.307.